The van der Waals surface area contributed by atoms with Crippen LogP contribution in [0.15, 0.2) is 48.5 Å². The highest BCUT2D eigenvalue weighted by molar-refractivity contribution is 14.1. The zero-order valence-corrected chi connectivity index (χ0v) is 19.0. The van der Waals surface area contributed by atoms with Gasteiger partial charge in [-0.15, -0.1) is 0 Å². The van der Waals surface area contributed by atoms with E-state index in [4.69, 9.17) is 0 Å². The molecule has 1 aliphatic rings. The summed E-state index contributed by atoms with van der Waals surface area (Å²) >= 11 is 1.97. The van der Waals surface area contributed by atoms with E-state index >= 15 is 0 Å². The number of hydrogen-bond acceptors (Lipinski definition) is 3. The molecule has 0 aromatic heterocycles. The van der Waals surface area contributed by atoms with Crippen molar-refractivity contribution in [2.24, 2.45) is 5.92 Å². The molecule has 2 aromatic rings. The molecule has 0 radical (unpaired) electrons. The first kappa shape index (κ1) is 22.2. The first-order valence-electron chi connectivity index (χ1n) is 9.65. The summed E-state index contributed by atoms with van der Waals surface area (Å²) in [5.74, 6) is -2.30. The fourth-order valence-electron chi connectivity index (χ4n) is 3.53. The van der Waals surface area contributed by atoms with Crippen molar-refractivity contribution in [1.29, 1.82) is 0 Å². The molecule has 0 bridgehead atoms. The van der Waals surface area contributed by atoms with E-state index in [1.807, 2.05) is 66.8 Å². The van der Waals surface area contributed by atoms with Crippen LogP contribution in [0.2, 0.25) is 0 Å². The van der Waals surface area contributed by atoms with Gasteiger partial charge in [0.25, 0.3) is 5.91 Å². The summed E-state index contributed by atoms with van der Waals surface area (Å²) in [6.45, 7) is 5.42. The van der Waals surface area contributed by atoms with E-state index in [1.54, 1.807) is 13.0 Å². The predicted octanol–water partition coefficient (Wildman–Crippen LogP) is 4.12. The van der Waals surface area contributed by atoms with Crippen molar-refractivity contribution in [2.75, 3.05) is 5.32 Å². The molecule has 3 atom stereocenters. The number of urea groups is 1. The number of carbonyl (C=O) groups excluding carboxylic acids is 3. The van der Waals surface area contributed by atoms with Gasteiger partial charge in [0.2, 0.25) is 5.91 Å². The predicted molar refractivity (Wildman–Crippen MR) is 120 cm³/mol. The third-order valence-corrected chi connectivity index (χ3v) is 5.87. The third-order valence-electron chi connectivity index (χ3n) is 5.20. The summed E-state index contributed by atoms with van der Waals surface area (Å²) in [5.41, 5.74) is 0.785. The fraction of sp³-hybridized carbons (Fsp3) is 0.318. The Balaban J connectivity index is 1.98. The molecule has 0 spiro atoms. The molecule has 0 saturated carbocycles. The van der Waals surface area contributed by atoms with Gasteiger partial charge in [-0.25, -0.2) is 14.1 Å². The normalized spacial score (nSPS) is 18.3. The first-order valence-corrected chi connectivity index (χ1v) is 10.7. The van der Waals surface area contributed by atoms with E-state index in [1.165, 1.54) is 12.1 Å². The van der Waals surface area contributed by atoms with Gasteiger partial charge in [0, 0.05) is 9.49 Å². The lowest BCUT2D eigenvalue weighted by molar-refractivity contribution is -0.135. The number of benzene rings is 2. The largest absolute Gasteiger partial charge is 0.326 e. The number of imide groups is 1. The van der Waals surface area contributed by atoms with Crippen LogP contribution in [0.1, 0.15) is 32.3 Å². The first-order chi connectivity index (χ1) is 14.2. The molecular weight excluding hydrogens is 500 g/mol. The Kier molecular flexibility index (Phi) is 6.74. The quantitative estimate of drug-likeness (QED) is 0.442. The molecule has 2 aromatic carbocycles. The van der Waals surface area contributed by atoms with Crippen molar-refractivity contribution in [1.82, 2.24) is 10.2 Å². The third kappa shape index (κ3) is 4.48. The van der Waals surface area contributed by atoms with Gasteiger partial charge in [0.15, 0.2) is 0 Å². The van der Waals surface area contributed by atoms with Crippen LogP contribution >= 0.6 is 22.6 Å². The highest BCUT2D eigenvalue weighted by Gasteiger charge is 2.47. The maximum absolute atomic E-state index is 14.3. The van der Waals surface area contributed by atoms with Crippen LogP contribution in [-0.2, 0) is 9.59 Å². The van der Waals surface area contributed by atoms with Crippen LogP contribution in [0, 0.1) is 15.3 Å². The molecule has 4 amide bonds. The lowest BCUT2D eigenvalue weighted by Crippen LogP contribution is -2.50. The highest BCUT2D eigenvalue weighted by Crippen LogP contribution is 2.29. The van der Waals surface area contributed by atoms with Gasteiger partial charge in [-0.1, -0.05) is 51.1 Å². The zero-order chi connectivity index (χ0) is 22.0. The van der Waals surface area contributed by atoms with Crippen LogP contribution in [-0.4, -0.2) is 34.8 Å². The van der Waals surface area contributed by atoms with Crippen molar-refractivity contribution in [3.63, 3.8) is 0 Å². The summed E-state index contributed by atoms with van der Waals surface area (Å²) in [6, 6.07) is 11.1. The zero-order valence-electron chi connectivity index (χ0n) is 16.9. The Morgan fingerprint density at radius 3 is 2.37 bits per heavy atom. The second-order valence-corrected chi connectivity index (χ2v) is 8.88. The minimum absolute atomic E-state index is 0.00172. The molecule has 6 nitrogen and oxygen atoms in total. The number of anilines is 1. The number of hydrogen-bond donors (Lipinski definition) is 2. The van der Waals surface area contributed by atoms with Crippen molar-refractivity contribution in [2.45, 2.75) is 38.8 Å². The van der Waals surface area contributed by atoms with Crippen LogP contribution in [0.3, 0.4) is 0 Å². The second kappa shape index (κ2) is 9.11. The van der Waals surface area contributed by atoms with Gasteiger partial charge in [-0.05, 0) is 52.3 Å². The number of rotatable bonds is 6. The SMILES string of the molecule is CC(C)[C@H]1NC(=O)N(C(C(=O)Nc2ccc(I)cc2F)[C@@H](C)c2ccccc2)C1=O. The van der Waals surface area contributed by atoms with Gasteiger partial charge in [0.1, 0.15) is 17.9 Å². The lowest BCUT2D eigenvalue weighted by atomic mass is 9.91. The van der Waals surface area contributed by atoms with E-state index < -0.39 is 41.7 Å². The number of nitrogens with one attached hydrogen (secondary N) is 2. The minimum Gasteiger partial charge on any atom is -0.326 e. The molecule has 3 rings (SSSR count). The van der Waals surface area contributed by atoms with E-state index in [2.05, 4.69) is 10.6 Å². The minimum atomic E-state index is -1.14. The van der Waals surface area contributed by atoms with Gasteiger partial charge in [-0.3, -0.25) is 9.59 Å². The van der Waals surface area contributed by atoms with E-state index in [0.29, 0.717) is 3.57 Å². The summed E-state index contributed by atoms with van der Waals surface area (Å²) < 4.78 is 15.0. The van der Waals surface area contributed by atoms with E-state index in [-0.39, 0.29) is 11.6 Å². The summed E-state index contributed by atoms with van der Waals surface area (Å²) in [7, 11) is 0. The van der Waals surface area contributed by atoms with Gasteiger partial charge < -0.3 is 10.6 Å². The molecule has 1 fully saturated rings. The Hall–Kier alpha value is -2.49. The van der Waals surface area contributed by atoms with Gasteiger partial charge >= 0.3 is 6.03 Å². The number of halogens is 2. The molecule has 8 heteroatoms. The van der Waals surface area contributed by atoms with Crippen LogP contribution in [0.4, 0.5) is 14.9 Å². The van der Waals surface area contributed by atoms with E-state index in [9.17, 15) is 18.8 Å². The van der Waals surface area contributed by atoms with Crippen molar-refractivity contribution in [3.8, 4) is 0 Å². The highest BCUT2D eigenvalue weighted by atomic mass is 127. The molecule has 1 aliphatic heterocycles. The van der Waals surface area contributed by atoms with Gasteiger partial charge in [-0.2, -0.15) is 0 Å². The molecule has 30 heavy (non-hydrogen) atoms. The maximum atomic E-state index is 14.3. The molecule has 0 aliphatic carbocycles. The van der Waals surface area contributed by atoms with Crippen molar-refractivity contribution >= 4 is 46.1 Å². The molecule has 2 N–H and O–H groups in total. The molecule has 1 unspecified atom stereocenters. The average molecular weight is 523 g/mol. The number of amides is 4. The molecule has 1 saturated heterocycles. The monoisotopic (exact) mass is 523 g/mol. The Morgan fingerprint density at radius 2 is 1.80 bits per heavy atom. The van der Waals surface area contributed by atoms with Crippen molar-refractivity contribution in [3.05, 3.63) is 63.5 Å². The standard InChI is InChI=1S/C22H23FIN3O3/c1-12(2)18-21(29)27(22(30)26-18)19(13(3)14-7-5-4-6-8-14)20(28)25-17-10-9-15(24)11-16(17)23/h4-13,18-19H,1-3H3,(H,25,28)(H,26,30)/t13-,18+,19?/m0/s1. The van der Waals surface area contributed by atoms with E-state index in [0.717, 1.165) is 10.5 Å². The smallest absolute Gasteiger partial charge is 0.325 e. The Bertz CT molecular complexity index is 967. The van der Waals surface area contributed by atoms with Gasteiger partial charge in [0.05, 0.1) is 5.69 Å². The molecular formula is C22H23FIN3O3. The summed E-state index contributed by atoms with van der Waals surface area (Å²) in [5, 5.41) is 5.22. The number of carbonyl (C=O) groups is 3. The van der Waals surface area contributed by atoms with Crippen LogP contribution < -0.4 is 10.6 Å². The average Bonchev–Trinajstić information content (AvgIpc) is 3.00. The van der Waals surface area contributed by atoms with Crippen LogP contribution in [0.25, 0.3) is 0 Å². The second-order valence-electron chi connectivity index (χ2n) is 7.64. The Morgan fingerprint density at radius 1 is 1.13 bits per heavy atom. The Labute approximate surface area is 188 Å². The fourth-order valence-corrected chi connectivity index (χ4v) is 3.99. The molecule has 1 heterocycles. The molecule has 158 valence electrons. The summed E-state index contributed by atoms with van der Waals surface area (Å²) in [6.07, 6.45) is 0. The lowest BCUT2D eigenvalue weighted by Gasteiger charge is -2.30. The maximum Gasteiger partial charge on any atom is 0.325 e. The van der Waals surface area contributed by atoms with Crippen LogP contribution in [0.5, 0.6) is 0 Å². The topological polar surface area (TPSA) is 78.5 Å². The van der Waals surface area contributed by atoms with Crippen molar-refractivity contribution < 1.29 is 18.8 Å². The number of nitrogens with zero attached hydrogens (tertiary/aromatic N) is 1. The summed E-state index contributed by atoms with van der Waals surface area (Å²) in [4.78, 5) is 39.9.